The van der Waals surface area contributed by atoms with E-state index in [0.717, 1.165) is 42.8 Å². The van der Waals surface area contributed by atoms with E-state index in [9.17, 15) is 5.11 Å². The van der Waals surface area contributed by atoms with Crippen LogP contribution in [0.15, 0.2) is 48.9 Å². The molecule has 1 atom stereocenters. The minimum atomic E-state index is -0.229. The van der Waals surface area contributed by atoms with Crippen LogP contribution in [0.5, 0.6) is 0 Å². The number of rotatable bonds is 3. The van der Waals surface area contributed by atoms with Gasteiger partial charge in [0.2, 0.25) is 0 Å². The third-order valence-corrected chi connectivity index (χ3v) is 4.90. The lowest BCUT2D eigenvalue weighted by Crippen LogP contribution is -2.48. The van der Waals surface area contributed by atoms with E-state index in [1.165, 1.54) is 5.56 Å². The molecule has 3 heterocycles. The second kappa shape index (κ2) is 5.66. The standard InChI is InChI=1S/C18H20N4O/c23-12-18(14-5-2-1-3-6-14)8-4-10-22(11-18)17-15-7-9-19-16(15)20-13-21-17/h1-3,5-7,9,13,23H,4,8,10-12H2,(H,19,20,21). The molecule has 118 valence electrons. The number of piperidine rings is 1. The Morgan fingerprint density at radius 3 is 2.87 bits per heavy atom. The molecule has 2 aromatic heterocycles. The first-order chi connectivity index (χ1) is 11.3. The molecule has 1 fully saturated rings. The second-order valence-corrected chi connectivity index (χ2v) is 6.27. The molecule has 3 aromatic rings. The maximum Gasteiger partial charge on any atom is 0.142 e. The van der Waals surface area contributed by atoms with Crippen LogP contribution in [0.4, 0.5) is 5.82 Å². The van der Waals surface area contributed by atoms with Gasteiger partial charge in [-0.2, -0.15) is 0 Å². The Hall–Kier alpha value is -2.40. The number of benzene rings is 1. The number of aromatic nitrogens is 3. The van der Waals surface area contributed by atoms with Crippen molar-refractivity contribution in [3.8, 4) is 0 Å². The lowest BCUT2D eigenvalue weighted by Gasteiger charge is -2.42. The van der Waals surface area contributed by atoms with Gasteiger partial charge in [0, 0.05) is 24.7 Å². The van der Waals surface area contributed by atoms with E-state index in [0.29, 0.717) is 0 Å². The summed E-state index contributed by atoms with van der Waals surface area (Å²) in [6.07, 6.45) is 5.52. The van der Waals surface area contributed by atoms with Crippen molar-refractivity contribution in [3.05, 3.63) is 54.5 Å². The Labute approximate surface area is 135 Å². The number of aliphatic hydroxyl groups excluding tert-OH is 1. The number of anilines is 1. The molecular weight excluding hydrogens is 288 g/mol. The minimum Gasteiger partial charge on any atom is -0.395 e. The summed E-state index contributed by atoms with van der Waals surface area (Å²) in [6.45, 7) is 1.87. The predicted molar refractivity (Wildman–Crippen MR) is 90.5 cm³/mol. The van der Waals surface area contributed by atoms with Crippen molar-refractivity contribution in [3.63, 3.8) is 0 Å². The van der Waals surface area contributed by atoms with Gasteiger partial charge >= 0.3 is 0 Å². The van der Waals surface area contributed by atoms with Crippen LogP contribution in [-0.4, -0.2) is 39.8 Å². The molecule has 0 bridgehead atoms. The molecule has 0 aliphatic carbocycles. The highest BCUT2D eigenvalue weighted by Crippen LogP contribution is 2.36. The lowest BCUT2D eigenvalue weighted by atomic mass is 9.74. The average Bonchev–Trinajstić information content (AvgIpc) is 3.11. The van der Waals surface area contributed by atoms with Crippen molar-refractivity contribution in [2.45, 2.75) is 18.3 Å². The zero-order valence-corrected chi connectivity index (χ0v) is 12.9. The third kappa shape index (κ3) is 2.37. The highest BCUT2D eigenvalue weighted by atomic mass is 16.3. The number of hydrogen-bond acceptors (Lipinski definition) is 4. The summed E-state index contributed by atoms with van der Waals surface area (Å²) < 4.78 is 0. The number of nitrogens with zero attached hydrogens (tertiary/aromatic N) is 3. The average molecular weight is 308 g/mol. The molecule has 0 saturated carbocycles. The second-order valence-electron chi connectivity index (χ2n) is 6.27. The number of aliphatic hydroxyl groups is 1. The van der Waals surface area contributed by atoms with Crippen molar-refractivity contribution in [1.29, 1.82) is 0 Å². The molecule has 1 aromatic carbocycles. The topological polar surface area (TPSA) is 65.0 Å². The number of hydrogen-bond donors (Lipinski definition) is 2. The fraction of sp³-hybridized carbons (Fsp3) is 0.333. The molecule has 0 radical (unpaired) electrons. The third-order valence-electron chi connectivity index (χ3n) is 4.90. The fourth-order valence-electron chi connectivity index (χ4n) is 3.67. The summed E-state index contributed by atoms with van der Waals surface area (Å²) in [5.41, 5.74) is 1.83. The number of aromatic amines is 1. The first kappa shape index (κ1) is 14.2. The molecule has 1 unspecified atom stereocenters. The predicted octanol–water partition coefficient (Wildman–Crippen LogP) is 2.49. The van der Waals surface area contributed by atoms with Crippen LogP contribution >= 0.6 is 0 Å². The number of H-pyrrole nitrogens is 1. The lowest BCUT2D eigenvalue weighted by molar-refractivity contribution is 0.172. The van der Waals surface area contributed by atoms with Gasteiger partial charge in [-0.15, -0.1) is 0 Å². The SMILES string of the molecule is OCC1(c2ccccc2)CCCN(c2ncnc3[nH]ccc23)C1. The van der Waals surface area contributed by atoms with Gasteiger partial charge in [-0.1, -0.05) is 30.3 Å². The van der Waals surface area contributed by atoms with Crippen LogP contribution < -0.4 is 4.90 Å². The zero-order chi connectivity index (χ0) is 15.7. The van der Waals surface area contributed by atoms with Gasteiger partial charge in [0.25, 0.3) is 0 Å². The molecule has 4 rings (SSSR count). The van der Waals surface area contributed by atoms with E-state index < -0.39 is 0 Å². The van der Waals surface area contributed by atoms with E-state index in [1.54, 1.807) is 6.33 Å². The molecule has 1 aliphatic heterocycles. The quantitative estimate of drug-likeness (QED) is 0.780. The van der Waals surface area contributed by atoms with Crippen LogP contribution in [0.25, 0.3) is 11.0 Å². The molecule has 23 heavy (non-hydrogen) atoms. The van der Waals surface area contributed by atoms with Crippen LogP contribution in [0.3, 0.4) is 0 Å². The van der Waals surface area contributed by atoms with Crippen LogP contribution in [0.2, 0.25) is 0 Å². The molecule has 0 amide bonds. The molecule has 1 aliphatic rings. The van der Waals surface area contributed by atoms with E-state index in [4.69, 9.17) is 0 Å². The molecule has 5 heteroatoms. The largest absolute Gasteiger partial charge is 0.395 e. The van der Waals surface area contributed by atoms with Gasteiger partial charge in [0.15, 0.2) is 0 Å². The van der Waals surface area contributed by atoms with Crippen molar-refractivity contribution in [2.24, 2.45) is 0 Å². The van der Waals surface area contributed by atoms with Gasteiger partial charge in [0.1, 0.15) is 17.8 Å². The summed E-state index contributed by atoms with van der Waals surface area (Å²) >= 11 is 0. The van der Waals surface area contributed by atoms with Crippen molar-refractivity contribution in [2.75, 3.05) is 24.6 Å². The first-order valence-corrected chi connectivity index (χ1v) is 8.02. The summed E-state index contributed by atoms with van der Waals surface area (Å²) in [5.74, 6) is 0.949. The Morgan fingerprint density at radius 1 is 1.17 bits per heavy atom. The molecule has 5 nitrogen and oxygen atoms in total. The highest BCUT2D eigenvalue weighted by molar-refractivity contribution is 5.87. The Kier molecular flexibility index (Phi) is 3.50. The van der Waals surface area contributed by atoms with Gasteiger partial charge in [-0.3, -0.25) is 0 Å². The normalized spacial score (nSPS) is 21.7. The summed E-state index contributed by atoms with van der Waals surface area (Å²) in [6, 6.07) is 12.4. The maximum atomic E-state index is 10.2. The Morgan fingerprint density at radius 2 is 2.04 bits per heavy atom. The van der Waals surface area contributed by atoms with Crippen LogP contribution in [0.1, 0.15) is 18.4 Å². The van der Waals surface area contributed by atoms with Gasteiger partial charge in [-0.25, -0.2) is 9.97 Å². The number of nitrogens with one attached hydrogen (secondary N) is 1. The van der Waals surface area contributed by atoms with Crippen LogP contribution in [0, 0.1) is 0 Å². The van der Waals surface area contributed by atoms with E-state index in [1.807, 2.05) is 30.5 Å². The highest BCUT2D eigenvalue weighted by Gasteiger charge is 2.37. The van der Waals surface area contributed by atoms with E-state index in [2.05, 4.69) is 32.0 Å². The maximum absolute atomic E-state index is 10.2. The van der Waals surface area contributed by atoms with E-state index >= 15 is 0 Å². The van der Waals surface area contributed by atoms with Crippen LogP contribution in [-0.2, 0) is 5.41 Å². The molecule has 1 saturated heterocycles. The van der Waals surface area contributed by atoms with Gasteiger partial charge < -0.3 is 15.0 Å². The number of fused-ring (bicyclic) bond motifs is 1. The van der Waals surface area contributed by atoms with Gasteiger partial charge in [0.05, 0.1) is 12.0 Å². The smallest absolute Gasteiger partial charge is 0.142 e. The minimum absolute atomic E-state index is 0.148. The van der Waals surface area contributed by atoms with E-state index in [-0.39, 0.29) is 12.0 Å². The Balaban J connectivity index is 1.73. The summed E-state index contributed by atoms with van der Waals surface area (Å²) in [4.78, 5) is 14.2. The van der Waals surface area contributed by atoms with Gasteiger partial charge in [-0.05, 0) is 24.5 Å². The molecule has 2 N–H and O–H groups in total. The fourth-order valence-corrected chi connectivity index (χ4v) is 3.67. The van der Waals surface area contributed by atoms with Crippen molar-refractivity contribution >= 4 is 16.9 Å². The zero-order valence-electron chi connectivity index (χ0n) is 12.9. The Bertz CT molecular complexity index is 801. The summed E-state index contributed by atoms with van der Waals surface area (Å²) in [5, 5.41) is 11.2. The monoisotopic (exact) mass is 308 g/mol. The summed E-state index contributed by atoms with van der Waals surface area (Å²) in [7, 11) is 0. The van der Waals surface area contributed by atoms with Crippen molar-refractivity contribution in [1.82, 2.24) is 15.0 Å². The first-order valence-electron chi connectivity index (χ1n) is 8.02. The van der Waals surface area contributed by atoms with Crippen molar-refractivity contribution < 1.29 is 5.11 Å². The molecular formula is C18H20N4O. The molecule has 0 spiro atoms.